The van der Waals surface area contributed by atoms with Gasteiger partial charge in [-0.05, 0) is 58.2 Å². The van der Waals surface area contributed by atoms with Crippen molar-refractivity contribution in [1.29, 1.82) is 0 Å². The van der Waals surface area contributed by atoms with Crippen LogP contribution in [-0.4, -0.2) is 54.0 Å². The third kappa shape index (κ3) is 4.46. The summed E-state index contributed by atoms with van der Waals surface area (Å²) in [6.07, 6.45) is 4.92. The van der Waals surface area contributed by atoms with Gasteiger partial charge in [0.05, 0.1) is 0 Å². The van der Waals surface area contributed by atoms with Crippen molar-refractivity contribution in [3.8, 4) is 0 Å². The molecule has 5 heteroatoms. The lowest BCUT2D eigenvalue weighted by molar-refractivity contribution is 0.237. The van der Waals surface area contributed by atoms with Crippen LogP contribution >= 0.6 is 11.8 Å². The van der Waals surface area contributed by atoms with Crippen LogP contribution in [0.15, 0.2) is 30.2 Å². The molecule has 1 N–H and O–H groups in total. The van der Waals surface area contributed by atoms with E-state index >= 15 is 0 Å². The normalized spacial score (nSPS) is 18.7. The Balaban J connectivity index is 1.95. The van der Waals surface area contributed by atoms with Crippen molar-refractivity contribution < 1.29 is 0 Å². The first-order valence-electron chi connectivity index (χ1n) is 7.55. The van der Waals surface area contributed by atoms with Gasteiger partial charge in [-0.3, -0.25) is 9.88 Å². The third-order valence-electron chi connectivity index (χ3n) is 3.64. The molecule has 2 heterocycles. The molecule has 1 aliphatic heterocycles. The fraction of sp³-hybridized carbons (Fsp3) is 0.562. The molecule has 1 unspecified atom stereocenters. The van der Waals surface area contributed by atoms with E-state index in [1.54, 1.807) is 0 Å². The summed E-state index contributed by atoms with van der Waals surface area (Å²) in [5.74, 6) is 0. The van der Waals surface area contributed by atoms with Crippen LogP contribution in [0.25, 0.3) is 4.91 Å². The maximum Gasteiger partial charge on any atom is 0.132 e. The molecule has 0 aromatic carbocycles. The Labute approximate surface area is 132 Å². The largest absolute Gasteiger partial charge is 0.364 e. The monoisotopic (exact) mass is 306 g/mol. The predicted octanol–water partition coefficient (Wildman–Crippen LogP) is 2.66. The second kappa shape index (κ2) is 7.82. The van der Waals surface area contributed by atoms with Crippen LogP contribution < -0.4 is 5.32 Å². The zero-order valence-corrected chi connectivity index (χ0v) is 14.3. The molecule has 1 aliphatic rings. The number of pyridine rings is 1. The first-order chi connectivity index (χ1) is 10.1. The van der Waals surface area contributed by atoms with Crippen molar-refractivity contribution in [3.05, 3.63) is 35.8 Å². The smallest absolute Gasteiger partial charge is 0.132 e. The van der Waals surface area contributed by atoms with Gasteiger partial charge in [0.1, 0.15) is 5.50 Å². The van der Waals surface area contributed by atoms with Crippen molar-refractivity contribution in [2.75, 3.05) is 33.7 Å². The highest BCUT2D eigenvalue weighted by Gasteiger charge is 2.26. The van der Waals surface area contributed by atoms with Crippen molar-refractivity contribution >= 4 is 16.7 Å². The molecule has 116 valence electrons. The molecule has 0 bridgehead atoms. The van der Waals surface area contributed by atoms with Crippen LogP contribution in [0.1, 0.15) is 25.8 Å². The summed E-state index contributed by atoms with van der Waals surface area (Å²) in [5, 5.41) is 3.63. The maximum atomic E-state index is 4.10. The number of thioether (sulfide) groups is 1. The van der Waals surface area contributed by atoms with E-state index in [4.69, 9.17) is 0 Å². The van der Waals surface area contributed by atoms with Crippen LogP contribution in [-0.2, 0) is 0 Å². The van der Waals surface area contributed by atoms with Gasteiger partial charge in [-0.15, -0.1) is 0 Å². The lowest BCUT2D eigenvalue weighted by atomic mass is 10.2. The highest BCUT2D eigenvalue weighted by molar-refractivity contribution is 8.09. The molecule has 0 fully saturated rings. The van der Waals surface area contributed by atoms with Gasteiger partial charge in [-0.25, -0.2) is 0 Å². The predicted molar refractivity (Wildman–Crippen MR) is 91.8 cm³/mol. The van der Waals surface area contributed by atoms with E-state index in [1.807, 2.05) is 24.2 Å². The van der Waals surface area contributed by atoms with Crippen LogP contribution in [0.3, 0.4) is 0 Å². The summed E-state index contributed by atoms with van der Waals surface area (Å²) in [6, 6.07) is 4.16. The lowest BCUT2D eigenvalue weighted by Crippen LogP contribution is -2.41. The summed E-state index contributed by atoms with van der Waals surface area (Å²) in [5.41, 5.74) is 2.87. The standard InChI is InChI=1S/C16H26N4S/c1-5-20(12-6-11-19(3)4)16-18-13(2)15(21-16)14-7-9-17-10-8-14/h7-10,16,18H,5-6,11-12H2,1-4H3. The van der Waals surface area contributed by atoms with Crippen LogP contribution in [0.4, 0.5) is 0 Å². The van der Waals surface area contributed by atoms with Gasteiger partial charge in [0.15, 0.2) is 0 Å². The van der Waals surface area contributed by atoms with Crippen LogP contribution in [0.5, 0.6) is 0 Å². The fourth-order valence-corrected chi connectivity index (χ4v) is 3.84. The quantitative estimate of drug-likeness (QED) is 0.837. The van der Waals surface area contributed by atoms with Gasteiger partial charge < -0.3 is 10.2 Å². The molecule has 1 aromatic heterocycles. The summed E-state index contributed by atoms with van der Waals surface area (Å²) in [7, 11) is 4.26. The highest BCUT2D eigenvalue weighted by Crippen LogP contribution is 2.38. The van der Waals surface area contributed by atoms with E-state index in [1.165, 1.54) is 22.6 Å². The number of hydrogen-bond donors (Lipinski definition) is 1. The second-order valence-corrected chi connectivity index (χ2v) is 6.68. The molecule has 0 aliphatic carbocycles. The SMILES string of the molecule is CCN(CCCN(C)C)C1NC(C)=C(c2ccncc2)S1. The molecule has 0 saturated heterocycles. The lowest BCUT2D eigenvalue weighted by Gasteiger charge is -2.28. The van der Waals surface area contributed by atoms with Gasteiger partial charge in [0.25, 0.3) is 0 Å². The Bertz CT molecular complexity index is 472. The number of allylic oxidation sites excluding steroid dienone is 1. The maximum absolute atomic E-state index is 4.10. The zero-order chi connectivity index (χ0) is 15.2. The summed E-state index contributed by atoms with van der Waals surface area (Å²) < 4.78 is 0. The average Bonchev–Trinajstić information content (AvgIpc) is 2.86. The molecule has 21 heavy (non-hydrogen) atoms. The van der Waals surface area contributed by atoms with Crippen LogP contribution in [0.2, 0.25) is 0 Å². The van der Waals surface area contributed by atoms with E-state index in [0.29, 0.717) is 5.50 Å². The zero-order valence-electron chi connectivity index (χ0n) is 13.5. The first-order valence-corrected chi connectivity index (χ1v) is 8.43. The molecular formula is C16H26N4S. The van der Waals surface area contributed by atoms with E-state index < -0.39 is 0 Å². The van der Waals surface area contributed by atoms with E-state index in [0.717, 1.165) is 19.6 Å². The van der Waals surface area contributed by atoms with Crippen molar-refractivity contribution in [2.24, 2.45) is 0 Å². The molecule has 2 rings (SSSR count). The molecule has 1 atom stereocenters. The minimum atomic E-state index is 0.348. The third-order valence-corrected chi connectivity index (χ3v) is 5.06. The second-order valence-electron chi connectivity index (χ2n) is 5.59. The Kier molecular flexibility index (Phi) is 6.08. The first kappa shape index (κ1) is 16.3. The number of aromatic nitrogens is 1. The number of hydrogen-bond acceptors (Lipinski definition) is 5. The topological polar surface area (TPSA) is 31.4 Å². The van der Waals surface area contributed by atoms with E-state index in [2.05, 4.69) is 60.2 Å². The Morgan fingerprint density at radius 2 is 1.95 bits per heavy atom. The van der Waals surface area contributed by atoms with Gasteiger partial charge in [-0.2, -0.15) is 0 Å². The molecule has 4 nitrogen and oxygen atoms in total. The van der Waals surface area contributed by atoms with Crippen molar-refractivity contribution in [3.63, 3.8) is 0 Å². The molecule has 0 amide bonds. The Morgan fingerprint density at radius 3 is 2.57 bits per heavy atom. The number of rotatable bonds is 7. The van der Waals surface area contributed by atoms with Gasteiger partial charge in [0.2, 0.25) is 0 Å². The van der Waals surface area contributed by atoms with Crippen molar-refractivity contribution in [1.82, 2.24) is 20.1 Å². The molecule has 0 spiro atoms. The van der Waals surface area contributed by atoms with Gasteiger partial charge in [-0.1, -0.05) is 18.7 Å². The van der Waals surface area contributed by atoms with Crippen molar-refractivity contribution in [2.45, 2.75) is 25.8 Å². The molecule has 0 radical (unpaired) electrons. The fourth-order valence-electron chi connectivity index (χ4n) is 2.47. The Morgan fingerprint density at radius 1 is 1.24 bits per heavy atom. The minimum Gasteiger partial charge on any atom is -0.364 e. The van der Waals surface area contributed by atoms with Crippen LogP contribution in [0, 0.1) is 0 Å². The average molecular weight is 306 g/mol. The van der Waals surface area contributed by atoms with E-state index in [9.17, 15) is 0 Å². The molecule has 0 saturated carbocycles. The van der Waals surface area contributed by atoms with Gasteiger partial charge >= 0.3 is 0 Å². The van der Waals surface area contributed by atoms with E-state index in [-0.39, 0.29) is 0 Å². The number of nitrogens with one attached hydrogen (secondary N) is 1. The Hall–Kier alpha value is -1.04. The summed E-state index contributed by atoms with van der Waals surface area (Å²) in [4.78, 5) is 10.2. The summed E-state index contributed by atoms with van der Waals surface area (Å²) in [6.45, 7) is 7.72. The minimum absolute atomic E-state index is 0.348. The highest BCUT2D eigenvalue weighted by atomic mass is 32.2. The van der Waals surface area contributed by atoms with Gasteiger partial charge in [0, 0.05) is 29.5 Å². The summed E-state index contributed by atoms with van der Waals surface area (Å²) >= 11 is 1.92. The molecule has 1 aromatic rings. The number of nitrogens with zero attached hydrogens (tertiary/aromatic N) is 3. The molecular weight excluding hydrogens is 280 g/mol.